The van der Waals surface area contributed by atoms with Crippen molar-refractivity contribution in [2.75, 3.05) is 0 Å². The summed E-state index contributed by atoms with van der Waals surface area (Å²) in [6.45, 7) is 0. The SMILES string of the molecule is Oc1cc(O)c2c(c1)O[C@H](c1ccc(O)c(O)c1)[Ga][CH2]2. The topological polar surface area (TPSA) is 90.2 Å². The van der Waals surface area contributed by atoms with Crippen molar-refractivity contribution in [3.8, 4) is 28.7 Å². The van der Waals surface area contributed by atoms with E-state index in [0.717, 1.165) is 16.1 Å². The number of benzene rings is 2. The van der Waals surface area contributed by atoms with Crippen molar-refractivity contribution in [2.24, 2.45) is 0 Å². The number of phenolic OH excluding ortho intramolecular Hbond substituents is 4. The molecule has 2 aromatic rings. The molecule has 0 aromatic heterocycles. The van der Waals surface area contributed by atoms with E-state index in [1.165, 1.54) is 24.3 Å². The van der Waals surface area contributed by atoms with Gasteiger partial charge in [0.2, 0.25) is 0 Å². The predicted octanol–water partition coefficient (Wildman–Crippen LogP) is 1.80. The standard InChI is InChI=1S/C14H12O5.Ga/c1-8-12(17)5-10(15)6-14(8)19-7-9-2-3-11(16)13(18)4-9;/h2-7,15-18H,1H2;. The van der Waals surface area contributed by atoms with E-state index in [1.54, 1.807) is 6.07 Å². The minimum atomic E-state index is -0.870. The van der Waals surface area contributed by atoms with Crippen molar-refractivity contribution in [1.29, 1.82) is 0 Å². The normalized spacial score (nSPS) is 16.9. The zero-order chi connectivity index (χ0) is 14.3. The van der Waals surface area contributed by atoms with Crippen LogP contribution in [-0.4, -0.2) is 37.8 Å². The second-order valence-electron chi connectivity index (χ2n) is 4.67. The van der Waals surface area contributed by atoms with E-state index in [0.29, 0.717) is 5.75 Å². The molecule has 20 heavy (non-hydrogen) atoms. The van der Waals surface area contributed by atoms with Crippen LogP contribution in [-0.2, 0) is 4.98 Å². The van der Waals surface area contributed by atoms with Gasteiger partial charge in [0.1, 0.15) is 0 Å². The summed E-state index contributed by atoms with van der Waals surface area (Å²) in [4.78, 5) is 0.761. The Morgan fingerprint density at radius 3 is 2.50 bits per heavy atom. The third-order valence-corrected chi connectivity index (χ3v) is 6.63. The number of fused-ring (bicyclic) bond motifs is 1. The fourth-order valence-electron chi connectivity index (χ4n) is 2.26. The van der Waals surface area contributed by atoms with Crippen LogP contribution in [0.4, 0.5) is 0 Å². The molecule has 0 fully saturated rings. The van der Waals surface area contributed by atoms with Gasteiger partial charge in [-0.3, -0.25) is 0 Å². The fourth-order valence-corrected chi connectivity index (χ4v) is 5.58. The molecule has 4 N–H and O–H groups in total. The molecule has 101 valence electrons. The average molecular weight is 330 g/mol. The van der Waals surface area contributed by atoms with E-state index in [-0.39, 0.29) is 27.7 Å². The van der Waals surface area contributed by atoms with Crippen molar-refractivity contribution in [1.82, 2.24) is 0 Å². The quantitative estimate of drug-likeness (QED) is 0.473. The summed E-state index contributed by atoms with van der Waals surface area (Å²) in [5.41, 5.74) is 1.54. The van der Waals surface area contributed by atoms with Gasteiger partial charge in [-0.2, -0.15) is 0 Å². The van der Waals surface area contributed by atoms with E-state index in [4.69, 9.17) is 4.74 Å². The molecule has 1 heterocycles. The van der Waals surface area contributed by atoms with Gasteiger partial charge >= 0.3 is 122 Å². The first-order chi connectivity index (χ1) is 9.54. The van der Waals surface area contributed by atoms with Gasteiger partial charge in [0, 0.05) is 0 Å². The Bertz CT molecular complexity index is 671. The van der Waals surface area contributed by atoms with Gasteiger partial charge in [-0.05, 0) is 0 Å². The Hall–Kier alpha value is -1.92. The predicted molar refractivity (Wildman–Crippen MR) is 72.4 cm³/mol. The van der Waals surface area contributed by atoms with Crippen LogP contribution in [0.25, 0.3) is 0 Å². The average Bonchev–Trinajstić information content (AvgIpc) is 2.41. The van der Waals surface area contributed by atoms with Crippen LogP contribution in [0.5, 0.6) is 28.7 Å². The maximum absolute atomic E-state index is 9.79. The monoisotopic (exact) mass is 329 g/mol. The van der Waals surface area contributed by atoms with Crippen molar-refractivity contribution < 1.29 is 25.2 Å². The van der Waals surface area contributed by atoms with Gasteiger partial charge in [-0.15, -0.1) is 0 Å². The Kier molecular flexibility index (Phi) is 3.19. The van der Waals surface area contributed by atoms with Crippen LogP contribution in [0.15, 0.2) is 30.3 Å². The van der Waals surface area contributed by atoms with Gasteiger partial charge < -0.3 is 0 Å². The summed E-state index contributed by atoms with van der Waals surface area (Å²) < 4.78 is 5.69. The summed E-state index contributed by atoms with van der Waals surface area (Å²) in [5, 5.41) is 38.2. The van der Waals surface area contributed by atoms with E-state index in [9.17, 15) is 20.4 Å². The molecule has 0 amide bonds. The maximum atomic E-state index is 9.79. The van der Waals surface area contributed by atoms with Gasteiger partial charge in [0.15, 0.2) is 0 Å². The molecule has 1 radical (unpaired) electrons. The van der Waals surface area contributed by atoms with Crippen LogP contribution < -0.4 is 4.74 Å². The molecule has 3 rings (SSSR count). The zero-order valence-corrected chi connectivity index (χ0v) is 12.9. The van der Waals surface area contributed by atoms with Crippen LogP contribution in [0.2, 0.25) is 0 Å². The van der Waals surface area contributed by atoms with Crippen molar-refractivity contribution in [3.63, 3.8) is 0 Å². The summed E-state index contributed by atoms with van der Waals surface area (Å²) >= 11 is -0.870. The first-order valence-electron chi connectivity index (χ1n) is 6.11. The summed E-state index contributed by atoms with van der Waals surface area (Å²) in [6, 6.07) is 7.43. The minimum absolute atomic E-state index is 0.0424. The van der Waals surface area contributed by atoms with Crippen LogP contribution in [0.3, 0.4) is 0 Å². The first-order valence-corrected chi connectivity index (χ1v) is 9.22. The van der Waals surface area contributed by atoms with E-state index < -0.39 is 17.4 Å². The number of phenols is 4. The molecule has 1 atom stereocenters. The van der Waals surface area contributed by atoms with Crippen molar-refractivity contribution >= 4 is 17.4 Å². The Morgan fingerprint density at radius 1 is 0.950 bits per heavy atom. The fraction of sp³-hybridized carbons (Fsp3) is 0.143. The number of hydrogen-bond acceptors (Lipinski definition) is 5. The molecule has 0 saturated carbocycles. The molecule has 1 aliphatic rings. The number of rotatable bonds is 1. The van der Waals surface area contributed by atoms with Gasteiger partial charge in [-0.25, -0.2) is 0 Å². The van der Waals surface area contributed by atoms with Crippen LogP contribution in [0.1, 0.15) is 15.8 Å². The summed E-state index contributed by atoms with van der Waals surface area (Å²) in [6.07, 6.45) is 0. The molecule has 2 aromatic carbocycles. The van der Waals surface area contributed by atoms with Crippen molar-refractivity contribution in [2.45, 2.75) is 9.63 Å². The van der Waals surface area contributed by atoms with Gasteiger partial charge in [0.25, 0.3) is 0 Å². The van der Waals surface area contributed by atoms with E-state index in [1.807, 2.05) is 0 Å². The first kappa shape index (κ1) is 13.1. The molecule has 6 heteroatoms. The molecule has 0 bridgehead atoms. The van der Waals surface area contributed by atoms with Crippen LogP contribution in [0, 0.1) is 0 Å². The second-order valence-corrected chi connectivity index (χ2v) is 7.78. The molecule has 0 saturated heterocycles. The summed E-state index contributed by atoms with van der Waals surface area (Å²) in [7, 11) is 0. The van der Waals surface area contributed by atoms with Crippen LogP contribution >= 0.6 is 0 Å². The Balaban J connectivity index is 1.93. The molecular formula is C14H12GaO5. The molecule has 1 aliphatic heterocycles. The molecule has 0 aliphatic carbocycles. The second kappa shape index (κ2) is 4.88. The Morgan fingerprint density at radius 2 is 1.75 bits per heavy atom. The van der Waals surface area contributed by atoms with Crippen molar-refractivity contribution in [3.05, 3.63) is 41.5 Å². The number of ether oxygens (including phenoxy) is 1. The molecule has 0 unspecified atom stereocenters. The molecule has 5 nitrogen and oxygen atoms in total. The zero-order valence-electron chi connectivity index (χ0n) is 10.4. The van der Waals surface area contributed by atoms with E-state index >= 15 is 0 Å². The summed E-state index contributed by atoms with van der Waals surface area (Å²) in [5.74, 6) is 0.156. The third kappa shape index (κ3) is 2.28. The van der Waals surface area contributed by atoms with E-state index in [2.05, 4.69) is 0 Å². The number of aromatic hydroxyl groups is 4. The molecule has 0 spiro atoms. The molecular weight excluding hydrogens is 318 g/mol. The Labute approximate surface area is 122 Å². The third-order valence-electron chi connectivity index (χ3n) is 3.29. The van der Waals surface area contributed by atoms with Gasteiger partial charge in [0.05, 0.1) is 0 Å². The number of hydrogen-bond donors (Lipinski definition) is 4. The van der Waals surface area contributed by atoms with Gasteiger partial charge in [-0.1, -0.05) is 0 Å².